The largest absolute Gasteiger partial charge is 0.492 e. The predicted molar refractivity (Wildman–Crippen MR) is 105 cm³/mol. The molecule has 138 valence electrons. The van der Waals surface area contributed by atoms with Crippen LogP contribution < -0.4 is 15.4 Å². The second-order valence-corrected chi connectivity index (χ2v) is 5.95. The highest BCUT2D eigenvalue weighted by Gasteiger charge is 2.09. The van der Waals surface area contributed by atoms with Gasteiger partial charge in [0.05, 0.1) is 24.7 Å². The van der Waals surface area contributed by atoms with Crippen LogP contribution in [0.5, 0.6) is 5.75 Å². The van der Waals surface area contributed by atoms with Gasteiger partial charge in [0.2, 0.25) is 0 Å². The molecule has 0 bridgehead atoms. The molecule has 2 N–H and O–H groups in total. The van der Waals surface area contributed by atoms with Gasteiger partial charge in [0.25, 0.3) is 5.91 Å². The molecule has 6 heteroatoms. The fraction of sp³-hybridized carbons (Fsp3) is 0.190. The molecule has 0 saturated carbocycles. The summed E-state index contributed by atoms with van der Waals surface area (Å²) in [5.74, 6) is 1.02. The lowest BCUT2D eigenvalue weighted by Crippen LogP contribution is -2.24. The summed E-state index contributed by atoms with van der Waals surface area (Å²) in [5.41, 5.74) is 3.28. The van der Waals surface area contributed by atoms with Crippen molar-refractivity contribution in [1.82, 2.24) is 15.3 Å². The first-order chi connectivity index (χ1) is 13.2. The molecule has 0 saturated heterocycles. The van der Waals surface area contributed by atoms with E-state index in [-0.39, 0.29) is 11.6 Å². The molecule has 0 aliphatic heterocycles. The molecule has 6 nitrogen and oxygen atoms in total. The Kier molecular flexibility index (Phi) is 5.99. The Hall–Kier alpha value is -3.41. The van der Waals surface area contributed by atoms with Crippen LogP contribution in [0.15, 0.2) is 60.9 Å². The lowest BCUT2D eigenvalue weighted by Gasteiger charge is -2.11. The van der Waals surface area contributed by atoms with E-state index in [1.807, 2.05) is 62.4 Å². The zero-order chi connectivity index (χ0) is 19.1. The summed E-state index contributed by atoms with van der Waals surface area (Å²) in [4.78, 5) is 20.8. The van der Waals surface area contributed by atoms with E-state index in [0.717, 1.165) is 22.6 Å². The van der Waals surface area contributed by atoms with E-state index in [9.17, 15) is 4.79 Å². The Balaban J connectivity index is 1.63. The Labute approximate surface area is 158 Å². The quantitative estimate of drug-likeness (QED) is 0.667. The minimum absolute atomic E-state index is 0.257. The third-order valence-corrected chi connectivity index (χ3v) is 4.03. The SMILES string of the molecule is CCOc1ccccc1Nc1cnc(C(=O)NCc2ccccc2C)cn1. The van der Waals surface area contributed by atoms with Gasteiger partial charge in [-0.15, -0.1) is 0 Å². The molecule has 1 amide bonds. The Morgan fingerprint density at radius 1 is 1.04 bits per heavy atom. The van der Waals surface area contributed by atoms with Crippen molar-refractivity contribution in [2.24, 2.45) is 0 Å². The molecule has 0 aliphatic carbocycles. The first-order valence-corrected chi connectivity index (χ1v) is 8.81. The monoisotopic (exact) mass is 362 g/mol. The number of hydrogen-bond donors (Lipinski definition) is 2. The van der Waals surface area contributed by atoms with Gasteiger partial charge in [0, 0.05) is 6.54 Å². The fourth-order valence-electron chi connectivity index (χ4n) is 2.57. The summed E-state index contributed by atoms with van der Waals surface area (Å²) in [5, 5.41) is 6.03. The number of nitrogens with zero attached hydrogens (tertiary/aromatic N) is 2. The second kappa shape index (κ2) is 8.80. The smallest absolute Gasteiger partial charge is 0.271 e. The minimum atomic E-state index is -0.257. The van der Waals surface area contributed by atoms with E-state index in [4.69, 9.17) is 4.74 Å². The molecule has 0 radical (unpaired) electrons. The topological polar surface area (TPSA) is 76.1 Å². The van der Waals surface area contributed by atoms with Gasteiger partial charge in [-0.3, -0.25) is 4.79 Å². The molecule has 0 aliphatic rings. The molecule has 1 heterocycles. The molecule has 0 spiro atoms. The van der Waals surface area contributed by atoms with E-state index >= 15 is 0 Å². The number of amides is 1. The first kappa shape index (κ1) is 18.4. The van der Waals surface area contributed by atoms with Gasteiger partial charge in [-0.2, -0.15) is 0 Å². The van der Waals surface area contributed by atoms with Crippen LogP contribution in [0.1, 0.15) is 28.5 Å². The van der Waals surface area contributed by atoms with Crippen molar-refractivity contribution in [3.63, 3.8) is 0 Å². The van der Waals surface area contributed by atoms with Crippen molar-refractivity contribution >= 4 is 17.4 Å². The normalized spacial score (nSPS) is 10.3. The second-order valence-electron chi connectivity index (χ2n) is 5.95. The van der Waals surface area contributed by atoms with E-state index in [2.05, 4.69) is 20.6 Å². The van der Waals surface area contributed by atoms with Crippen molar-refractivity contribution in [3.8, 4) is 5.75 Å². The number of carbonyl (C=O) groups excluding carboxylic acids is 1. The van der Waals surface area contributed by atoms with Crippen LogP contribution in [0.4, 0.5) is 11.5 Å². The summed E-state index contributed by atoms with van der Waals surface area (Å²) in [6.07, 6.45) is 2.99. The molecule has 0 fully saturated rings. The lowest BCUT2D eigenvalue weighted by molar-refractivity contribution is 0.0945. The van der Waals surface area contributed by atoms with Gasteiger partial charge < -0.3 is 15.4 Å². The zero-order valence-electron chi connectivity index (χ0n) is 15.4. The highest BCUT2D eigenvalue weighted by molar-refractivity contribution is 5.92. The van der Waals surface area contributed by atoms with Crippen LogP contribution in [0.2, 0.25) is 0 Å². The molecule has 0 unspecified atom stereocenters. The zero-order valence-corrected chi connectivity index (χ0v) is 15.4. The van der Waals surface area contributed by atoms with E-state index < -0.39 is 0 Å². The molecule has 3 aromatic rings. The molecule has 1 aromatic heterocycles. The molecule has 3 rings (SSSR count). The Morgan fingerprint density at radius 2 is 1.81 bits per heavy atom. The Morgan fingerprint density at radius 3 is 2.56 bits per heavy atom. The van der Waals surface area contributed by atoms with Gasteiger partial charge >= 0.3 is 0 Å². The van der Waals surface area contributed by atoms with Gasteiger partial charge in [0.15, 0.2) is 0 Å². The molecular weight excluding hydrogens is 340 g/mol. The van der Waals surface area contributed by atoms with Gasteiger partial charge in [0.1, 0.15) is 17.3 Å². The summed E-state index contributed by atoms with van der Waals surface area (Å²) >= 11 is 0. The lowest BCUT2D eigenvalue weighted by atomic mass is 10.1. The number of rotatable bonds is 7. The highest BCUT2D eigenvalue weighted by atomic mass is 16.5. The van der Waals surface area contributed by atoms with Crippen LogP contribution in [-0.2, 0) is 6.54 Å². The average molecular weight is 362 g/mol. The number of para-hydroxylation sites is 2. The summed E-state index contributed by atoms with van der Waals surface area (Å²) in [6, 6.07) is 15.5. The number of carbonyl (C=O) groups is 1. The maximum Gasteiger partial charge on any atom is 0.271 e. The van der Waals surface area contributed by atoms with E-state index in [1.54, 1.807) is 0 Å². The predicted octanol–water partition coefficient (Wildman–Crippen LogP) is 3.86. The van der Waals surface area contributed by atoms with Crippen molar-refractivity contribution in [3.05, 3.63) is 77.7 Å². The van der Waals surface area contributed by atoms with Crippen molar-refractivity contribution in [2.45, 2.75) is 20.4 Å². The van der Waals surface area contributed by atoms with Crippen LogP contribution in [0, 0.1) is 6.92 Å². The van der Waals surface area contributed by atoms with Crippen LogP contribution in [-0.4, -0.2) is 22.5 Å². The number of aromatic nitrogens is 2. The number of ether oxygens (including phenoxy) is 1. The maximum atomic E-state index is 12.3. The number of aryl methyl sites for hydroxylation is 1. The summed E-state index contributed by atoms with van der Waals surface area (Å²) < 4.78 is 5.58. The average Bonchev–Trinajstić information content (AvgIpc) is 2.69. The van der Waals surface area contributed by atoms with Crippen molar-refractivity contribution in [2.75, 3.05) is 11.9 Å². The maximum absolute atomic E-state index is 12.3. The molecule has 2 aromatic carbocycles. The Bertz CT molecular complexity index is 910. The van der Waals surface area contributed by atoms with Gasteiger partial charge in [-0.25, -0.2) is 9.97 Å². The van der Waals surface area contributed by atoms with Crippen molar-refractivity contribution in [1.29, 1.82) is 0 Å². The van der Waals surface area contributed by atoms with Gasteiger partial charge in [-0.05, 0) is 37.1 Å². The molecule has 0 atom stereocenters. The molecular formula is C21H22N4O2. The third-order valence-electron chi connectivity index (χ3n) is 4.03. The number of nitrogens with one attached hydrogen (secondary N) is 2. The summed E-state index contributed by atoms with van der Waals surface area (Å²) in [7, 11) is 0. The number of hydrogen-bond acceptors (Lipinski definition) is 5. The number of anilines is 2. The highest BCUT2D eigenvalue weighted by Crippen LogP contribution is 2.26. The minimum Gasteiger partial charge on any atom is -0.492 e. The van der Waals surface area contributed by atoms with Crippen LogP contribution in [0.3, 0.4) is 0 Å². The van der Waals surface area contributed by atoms with Gasteiger partial charge in [-0.1, -0.05) is 36.4 Å². The fourth-order valence-corrected chi connectivity index (χ4v) is 2.57. The van der Waals surface area contributed by atoms with E-state index in [0.29, 0.717) is 19.0 Å². The van der Waals surface area contributed by atoms with Crippen LogP contribution in [0.25, 0.3) is 0 Å². The third kappa shape index (κ3) is 4.82. The van der Waals surface area contributed by atoms with Crippen molar-refractivity contribution < 1.29 is 9.53 Å². The molecule has 27 heavy (non-hydrogen) atoms. The first-order valence-electron chi connectivity index (χ1n) is 8.81. The van der Waals surface area contributed by atoms with E-state index in [1.165, 1.54) is 12.4 Å². The standard InChI is InChI=1S/C21H22N4O2/c1-3-27-19-11-7-6-10-17(19)25-20-14-22-18(13-23-20)21(26)24-12-16-9-5-4-8-15(16)2/h4-11,13-14H,3,12H2,1-2H3,(H,23,25)(H,24,26). The van der Waals surface area contributed by atoms with Crippen LogP contribution >= 0.6 is 0 Å². The summed E-state index contributed by atoms with van der Waals surface area (Å²) in [6.45, 7) is 4.97. The number of benzene rings is 2.